The molecule has 3 N–H and O–H groups in total. The molecule has 0 saturated carbocycles. The first-order chi connectivity index (χ1) is 13.8. The summed E-state index contributed by atoms with van der Waals surface area (Å²) in [7, 11) is 0. The molecular weight excluding hydrogens is 441 g/mol. The minimum Gasteiger partial charge on any atom is -0.493 e. The number of carboxylic acid groups (broad SMARTS) is 1. The van der Waals surface area contributed by atoms with Gasteiger partial charge in [-0.25, -0.2) is 4.68 Å². The third kappa shape index (κ3) is 4.82. The quantitative estimate of drug-likeness (QED) is 0.509. The third-order valence-electron chi connectivity index (χ3n) is 4.04. The fourth-order valence-electron chi connectivity index (χ4n) is 2.69. The summed E-state index contributed by atoms with van der Waals surface area (Å²) in [6, 6.07) is 11.4. The summed E-state index contributed by atoms with van der Waals surface area (Å²) in [5.74, 6) is -2.09. The second kappa shape index (κ2) is 8.73. The number of carbonyl (C=O) groups is 2. The molecule has 3 rings (SSSR count). The SMILES string of the molecule is O=C(O)C[C@H](NC(=O)c1cc(O)n(-c2ccc(Cl)cc2)n1)c1cccc(Cl)c1Cl. The van der Waals surface area contributed by atoms with E-state index in [1.165, 1.54) is 6.07 Å². The summed E-state index contributed by atoms with van der Waals surface area (Å²) >= 11 is 18.0. The topological polar surface area (TPSA) is 104 Å². The van der Waals surface area contributed by atoms with Crippen LogP contribution in [-0.4, -0.2) is 31.9 Å². The number of rotatable bonds is 6. The van der Waals surface area contributed by atoms with Gasteiger partial charge in [-0.1, -0.05) is 46.9 Å². The van der Waals surface area contributed by atoms with Gasteiger partial charge in [-0.05, 0) is 35.9 Å². The van der Waals surface area contributed by atoms with Crippen LogP contribution in [0.2, 0.25) is 15.1 Å². The van der Waals surface area contributed by atoms with E-state index in [0.29, 0.717) is 16.3 Å². The molecule has 0 radical (unpaired) electrons. The molecule has 150 valence electrons. The van der Waals surface area contributed by atoms with Gasteiger partial charge >= 0.3 is 5.97 Å². The van der Waals surface area contributed by atoms with Crippen molar-refractivity contribution in [3.8, 4) is 11.6 Å². The molecule has 0 unspecified atom stereocenters. The monoisotopic (exact) mass is 453 g/mol. The predicted molar refractivity (Wildman–Crippen MR) is 109 cm³/mol. The molecule has 1 atom stereocenters. The number of hydrogen-bond acceptors (Lipinski definition) is 4. The van der Waals surface area contributed by atoms with Crippen LogP contribution in [0.25, 0.3) is 5.69 Å². The molecule has 10 heteroatoms. The van der Waals surface area contributed by atoms with E-state index in [1.807, 2.05) is 0 Å². The van der Waals surface area contributed by atoms with Gasteiger partial charge in [0.2, 0.25) is 5.88 Å². The molecule has 2 aromatic carbocycles. The standard InChI is InChI=1S/C19H14Cl3N3O4/c20-10-4-6-11(7-5-10)25-16(26)8-15(24-25)19(29)23-14(9-17(27)28)12-2-1-3-13(21)18(12)22/h1-8,14,26H,9H2,(H,23,29)(H,27,28)/t14-/m0/s1. The highest BCUT2D eigenvalue weighted by atomic mass is 35.5. The van der Waals surface area contributed by atoms with Gasteiger partial charge in [0.15, 0.2) is 5.69 Å². The lowest BCUT2D eigenvalue weighted by Gasteiger charge is -2.18. The molecule has 1 amide bonds. The Bertz CT molecular complexity index is 1070. The first-order valence-electron chi connectivity index (χ1n) is 8.28. The van der Waals surface area contributed by atoms with E-state index in [4.69, 9.17) is 34.8 Å². The number of nitrogens with zero attached hydrogens (tertiary/aromatic N) is 2. The summed E-state index contributed by atoms with van der Waals surface area (Å²) in [6.45, 7) is 0. The first-order valence-corrected chi connectivity index (χ1v) is 9.41. The highest BCUT2D eigenvalue weighted by Crippen LogP contribution is 2.31. The van der Waals surface area contributed by atoms with Crippen molar-refractivity contribution in [2.45, 2.75) is 12.5 Å². The molecule has 1 heterocycles. The van der Waals surface area contributed by atoms with Gasteiger partial charge < -0.3 is 15.5 Å². The normalized spacial score (nSPS) is 11.8. The van der Waals surface area contributed by atoms with E-state index in [1.54, 1.807) is 42.5 Å². The summed E-state index contributed by atoms with van der Waals surface area (Å²) in [4.78, 5) is 23.9. The van der Waals surface area contributed by atoms with E-state index < -0.39 is 24.3 Å². The average molecular weight is 455 g/mol. The van der Waals surface area contributed by atoms with Crippen LogP contribution in [0.1, 0.15) is 28.5 Å². The lowest BCUT2D eigenvalue weighted by molar-refractivity contribution is -0.137. The van der Waals surface area contributed by atoms with Crippen LogP contribution >= 0.6 is 34.8 Å². The largest absolute Gasteiger partial charge is 0.493 e. The predicted octanol–water partition coefficient (Wildman–Crippen LogP) is 4.48. The number of halogens is 3. The number of nitrogens with one attached hydrogen (secondary N) is 1. The lowest BCUT2D eigenvalue weighted by atomic mass is 10.0. The van der Waals surface area contributed by atoms with Crippen LogP contribution in [0, 0.1) is 0 Å². The Morgan fingerprint density at radius 3 is 2.45 bits per heavy atom. The summed E-state index contributed by atoms with van der Waals surface area (Å²) in [5.41, 5.74) is 0.744. The molecule has 0 spiro atoms. The molecular formula is C19H14Cl3N3O4. The van der Waals surface area contributed by atoms with Gasteiger partial charge in [-0.3, -0.25) is 9.59 Å². The zero-order valence-corrected chi connectivity index (χ0v) is 16.9. The molecule has 0 saturated heterocycles. The molecule has 3 aromatic rings. The Balaban J connectivity index is 1.88. The van der Waals surface area contributed by atoms with Gasteiger partial charge in [-0.15, -0.1) is 0 Å². The van der Waals surface area contributed by atoms with E-state index in [0.717, 1.165) is 4.68 Å². The zero-order chi connectivity index (χ0) is 21.1. The smallest absolute Gasteiger partial charge is 0.305 e. The van der Waals surface area contributed by atoms with Gasteiger partial charge in [-0.2, -0.15) is 5.10 Å². The second-order valence-electron chi connectivity index (χ2n) is 6.04. The number of aromatic nitrogens is 2. The average Bonchev–Trinajstić information content (AvgIpc) is 3.05. The maximum absolute atomic E-state index is 12.7. The van der Waals surface area contributed by atoms with Crippen molar-refractivity contribution in [2.24, 2.45) is 0 Å². The van der Waals surface area contributed by atoms with Crippen LogP contribution in [0.5, 0.6) is 5.88 Å². The number of carbonyl (C=O) groups excluding carboxylic acids is 1. The summed E-state index contributed by atoms with van der Waals surface area (Å²) < 4.78 is 1.16. The van der Waals surface area contributed by atoms with Crippen molar-refractivity contribution in [1.82, 2.24) is 15.1 Å². The molecule has 0 fully saturated rings. The Hall–Kier alpha value is -2.74. The maximum atomic E-state index is 12.7. The number of hydrogen-bond donors (Lipinski definition) is 3. The van der Waals surface area contributed by atoms with Crippen molar-refractivity contribution in [1.29, 1.82) is 0 Å². The van der Waals surface area contributed by atoms with Crippen LogP contribution < -0.4 is 5.32 Å². The van der Waals surface area contributed by atoms with Crippen molar-refractivity contribution in [2.75, 3.05) is 0 Å². The van der Waals surface area contributed by atoms with E-state index in [-0.39, 0.29) is 21.6 Å². The van der Waals surface area contributed by atoms with Crippen LogP contribution in [0.15, 0.2) is 48.5 Å². The lowest BCUT2D eigenvalue weighted by Crippen LogP contribution is -2.30. The van der Waals surface area contributed by atoms with Crippen LogP contribution in [-0.2, 0) is 4.79 Å². The van der Waals surface area contributed by atoms with Crippen LogP contribution in [0.4, 0.5) is 0 Å². The Labute approximate surface area is 180 Å². The van der Waals surface area contributed by atoms with Crippen molar-refractivity contribution < 1.29 is 19.8 Å². The van der Waals surface area contributed by atoms with Crippen molar-refractivity contribution in [3.63, 3.8) is 0 Å². The fraction of sp³-hybridized carbons (Fsp3) is 0.105. The van der Waals surface area contributed by atoms with Gasteiger partial charge in [0.05, 0.1) is 28.2 Å². The molecule has 0 aliphatic rings. The van der Waals surface area contributed by atoms with Gasteiger partial charge in [0, 0.05) is 11.1 Å². The van der Waals surface area contributed by atoms with E-state index in [2.05, 4.69) is 10.4 Å². The highest BCUT2D eigenvalue weighted by molar-refractivity contribution is 6.42. The highest BCUT2D eigenvalue weighted by Gasteiger charge is 2.24. The number of amides is 1. The minimum atomic E-state index is -1.14. The molecule has 0 aliphatic heterocycles. The first kappa shape index (κ1) is 21.0. The summed E-state index contributed by atoms with van der Waals surface area (Å²) in [6.07, 6.45) is -0.421. The number of benzene rings is 2. The number of carboxylic acids is 1. The minimum absolute atomic E-state index is 0.106. The fourth-order valence-corrected chi connectivity index (χ4v) is 3.26. The molecule has 1 aromatic heterocycles. The Morgan fingerprint density at radius 2 is 1.79 bits per heavy atom. The zero-order valence-electron chi connectivity index (χ0n) is 14.6. The number of aliphatic carboxylic acids is 1. The maximum Gasteiger partial charge on any atom is 0.305 e. The molecule has 7 nitrogen and oxygen atoms in total. The Kier molecular flexibility index (Phi) is 6.32. The van der Waals surface area contributed by atoms with Crippen molar-refractivity contribution >= 4 is 46.7 Å². The Morgan fingerprint density at radius 1 is 1.10 bits per heavy atom. The number of aromatic hydroxyl groups is 1. The van der Waals surface area contributed by atoms with Gasteiger partial charge in [0.25, 0.3) is 5.91 Å². The van der Waals surface area contributed by atoms with Crippen molar-refractivity contribution in [3.05, 3.63) is 74.9 Å². The summed E-state index contributed by atoms with van der Waals surface area (Å²) in [5, 5.41) is 26.9. The van der Waals surface area contributed by atoms with E-state index >= 15 is 0 Å². The van der Waals surface area contributed by atoms with Crippen LogP contribution in [0.3, 0.4) is 0 Å². The third-order valence-corrected chi connectivity index (χ3v) is 5.12. The molecule has 0 aliphatic carbocycles. The van der Waals surface area contributed by atoms with Gasteiger partial charge in [0.1, 0.15) is 0 Å². The molecule has 0 bridgehead atoms. The molecule has 29 heavy (non-hydrogen) atoms. The second-order valence-corrected chi connectivity index (χ2v) is 7.26. The van der Waals surface area contributed by atoms with E-state index in [9.17, 15) is 19.8 Å².